The summed E-state index contributed by atoms with van der Waals surface area (Å²) < 4.78 is 90.8. The molecule has 1 saturated heterocycles. The Balaban J connectivity index is 1.22. The Morgan fingerprint density at radius 1 is 1.11 bits per heavy atom. The Bertz CT molecular complexity index is 2140. The second-order valence-corrected chi connectivity index (χ2v) is 17.4. The van der Waals surface area contributed by atoms with E-state index in [1.54, 1.807) is 13.0 Å². The van der Waals surface area contributed by atoms with Crippen LogP contribution in [0.3, 0.4) is 0 Å². The first kappa shape index (κ1) is 38.6. The number of rotatable bonds is 8. The zero-order valence-electron chi connectivity index (χ0n) is 30.5. The van der Waals surface area contributed by atoms with E-state index < -0.39 is 79.7 Å². The molecule has 5 atom stereocenters. The predicted molar refractivity (Wildman–Crippen MR) is 195 cm³/mol. The summed E-state index contributed by atoms with van der Waals surface area (Å²) in [6.07, 6.45) is 1.50. The number of para-hydroxylation sites is 2. The quantitative estimate of drug-likeness (QED) is 0.202. The third-order valence-corrected chi connectivity index (χ3v) is 13.5. The lowest BCUT2D eigenvalue weighted by molar-refractivity contribution is -0.140. The van der Waals surface area contributed by atoms with Crippen LogP contribution in [0, 0.1) is 11.7 Å². The number of amides is 3. The summed E-state index contributed by atoms with van der Waals surface area (Å²) in [5.74, 6) is -4.12. The van der Waals surface area contributed by atoms with Crippen molar-refractivity contribution in [1.29, 1.82) is 0 Å². The van der Waals surface area contributed by atoms with Crippen molar-refractivity contribution >= 4 is 44.5 Å². The molecular weight excluding hydrogens is 745 g/mol. The minimum atomic E-state index is -4.97. The molecule has 17 heteroatoms. The predicted octanol–water partition coefficient (Wildman–Crippen LogP) is 5.44. The van der Waals surface area contributed by atoms with E-state index in [0.29, 0.717) is 62.7 Å². The molecule has 3 amide bonds. The SMILES string of the molecule is CCn1c(O[C@@H]2C[C@H]3C(=O)N[C@]4(C(=O)NS(=O)(=O)C5(C)CC5)C[C@H]4/C=C\CCCCC[C@H](Nc4ccc(F)c(C(F)(F)F)c4)C(=O)N3C2)nc2ccccc21. The summed E-state index contributed by atoms with van der Waals surface area (Å²) in [4.78, 5) is 48.7. The third kappa shape index (κ3) is 7.63. The number of anilines is 1. The Hall–Kier alpha value is -4.67. The van der Waals surface area contributed by atoms with Crippen LogP contribution in [-0.4, -0.2) is 75.6 Å². The Morgan fingerprint density at radius 2 is 1.87 bits per heavy atom. The van der Waals surface area contributed by atoms with Gasteiger partial charge in [0, 0.05) is 24.6 Å². The van der Waals surface area contributed by atoms with Crippen molar-refractivity contribution < 1.29 is 45.1 Å². The molecule has 2 aliphatic heterocycles. The molecule has 1 aromatic heterocycles. The number of aryl methyl sites for hydroxylation is 1. The number of hydrogen-bond acceptors (Lipinski definition) is 8. The zero-order valence-corrected chi connectivity index (χ0v) is 31.3. The average molecular weight is 789 g/mol. The lowest BCUT2D eigenvalue weighted by Crippen LogP contribution is -2.58. The van der Waals surface area contributed by atoms with Crippen LogP contribution in [-0.2, 0) is 37.1 Å². The molecule has 55 heavy (non-hydrogen) atoms. The highest BCUT2D eigenvalue weighted by Gasteiger charge is 2.63. The van der Waals surface area contributed by atoms with Crippen molar-refractivity contribution in [3.8, 4) is 6.01 Å². The van der Waals surface area contributed by atoms with Crippen molar-refractivity contribution in [2.75, 3.05) is 11.9 Å². The van der Waals surface area contributed by atoms with Crippen LogP contribution in [0.15, 0.2) is 54.6 Å². The molecule has 3 aromatic rings. The highest BCUT2D eigenvalue weighted by atomic mass is 32.2. The van der Waals surface area contributed by atoms with E-state index in [4.69, 9.17) is 4.74 Å². The topological polar surface area (TPSA) is 152 Å². The van der Waals surface area contributed by atoms with Gasteiger partial charge in [0.25, 0.3) is 11.9 Å². The van der Waals surface area contributed by atoms with Crippen molar-refractivity contribution in [3.63, 3.8) is 0 Å². The van der Waals surface area contributed by atoms with E-state index in [0.717, 1.165) is 11.6 Å². The van der Waals surface area contributed by atoms with Crippen LogP contribution in [0.25, 0.3) is 11.0 Å². The Morgan fingerprint density at radius 3 is 2.60 bits per heavy atom. The van der Waals surface area contributed by atoms with Gasteiger partial charge >= 0.3 is 6.18 Å². The number of sulfonamides is 1. The van der Waals surface area contributed by atoms with Gasteiger partial charge in [0.05, 0.1) is 27.9 Å². The second-order valence-electron chi connectivity index (χ2n) is 15.2. The molecule has 2 saturated carbocycles. The third-order valence-electron chi connectivity index (χ3n) is 11.3. The van der Waals surface area contributed by atoms with E-state index in [-0.39, 0.29) is 37.5 Å². The monoisotopic (exact) mass is 788 g/mol. The summed E-state index contributed by atoms with van der Waals surface area (Å²) in [5, 5.41) is 5.71. The van der Waals surface area contributed by atoms with Gasteiger partial charge in [-0.15, -0.1) is 0 Å². The van der Waals surface area contributed by atoms with E-state index >= 15 is 0 Å². The van der Waals surface area contributed by atoms with Crippen molar-refractivity contribution in [2.24, 2.45) is 5.92 Å². The lowest BCUT2D eigenvalue weighted by atomic mass is 10.0. The van der Waals surface area contributed by atoms with Gasteiger partial charge in [-0.3, -0.25) is 23.7 Å². The smallest absolute Gasteiger partial charge is 0.419 e. The first-order valence-corrected chi connectivity index (χ1v) is 20.1. The van der Waals surface area contributed by atoms with Gasteiger partial charge in [-0.05, 0) is 82.7 Å². The van der Waals surface area contributed by atoms with Gasteiger partial charge in [-0.25, -0.2) is 12.8 Å². The molecule has 3 heterocycles. The molecule has 0 unspecified atom stereocenters. The molecule has 296 valence electrons. The number of carbonyl (C=O) groups is 3. The minimum Gasteiger partial charge on any atom is -0.459 e. The number of allylic oxidation sites excluding steroid dienone is 1. The fourth-order valence-corrected chi connectivity index (χ4v) is 8.89. The fourth-order valence-electron chi connectivity index (χ4n) is 7.58. The molecule has 0 bridgehead atoms. The average Bonchev–Trinajstić information content (AvgIpc) is 3.96. The van der Waals surface area contributed by atoms with Gasteiger partial charge in [0.15, 0.2) is 0 Å². The maximum absolute atomic E-state index is 14.6. The van der Waals surface area contributed by atoms with Crippen molar-refractivity contribution in [2.45, 2.75) is 113 Å². The fraction of sp³-hybridized carbons (Fsp3) is 0.526. The molecule has 3 N–H and O–H groups in total. The second kappa shape index (κ2) is 14.4. The van der Waals surface area contributed by atoms with Crippen LogP contribution in [0.2, 0.25) is 0 Å². The van der Waals surface area contributed by atoms with E-state index in [2.05, 4.69) is 20.3 Å². The van der Waals surface area contributed by atoms with Gasteiger partial charge in [-0.2, -0.15) is 18.2 Å². The summed E-state index contributed by atoms with van der Waals surface area (Å²) in [6, 6.07) is 7.79. The lowest BCUT2D eigenvalue weighted by Gasteiger charge is -2.30. The molecule has 0 radical (unpaired) electrons. The number of aromatic nitrogens is 2. The van der Waals surface area contributed by atoms with Gasteiger partial charge in [0.1, 0.15) is 29.5 Å². The molecular formula is C38H44F4N6O6S. The van der Waals surface area contributed by atoms with Crippen molar-refractivity contribution in [1.82, 2.24) is 24.5 Å². The first-order chi connectivity index (χ1) is 26.0. The number of ether oxygens (including phenoxy) is 1. The maximum atomic E-state index is 14.6. The molecule has 3 fully saturated rings. The number of nitrogens with zero attached hydrogens (tertiary/aromatic N) is 3. The standard InChI is InChI=1S/C38H44F4N6O6S/c1-3-47-30-14-10-9-12-28(30)44-35(47)54-25-20-31-32(49)45-37(34(51)46-55(52,53)36(2)17-18-36)21-23(37)11-7-5-4-6-8-13-29(33(50)48(31)22-25)43-24-15-16-27(39)26(19-24)38(40,41)42/h7,9-12,14-16,19,23,25,29,31,43H,3-6,8,13,17-18,20-22H2,1-2H3,(H,45,49)(H,46,51)/b11-7-/t23-,25-,29+,31+,37-/m1/s1. The van der Waals surface area contributed by atoms with Crippen LogP contribution in [0.5, 0.6) is 6.01 Å². The molecule has 12 nitrogen and oxygen atoms in total. The van der Waals surface area contributed by atoms with Gasteiger partial charge < -0.3 is 20.3 Å². The number of carbonyl (C=O) groups excluding carboxylic acids is 3. The summed E-state index contributed by atoms with van der Waals surface area (Å²) in [6.45, 7) is 3.87. The maximum Gasteiger partial charge on any atom is 0.419 e. The molecule has 2 aromatic carbocycles. The van der Waals surface area contributed by atoms with E-state index in [9.17, 15) is 40.4 Å². The first-order valence-electron chi connectivity index (χ1n) is 18.7. The van der Waals surface area contributed by atoms with Gasteiger partial charge in [-0.1, -0.05) is 37.1 Å². The largest absolute Gasteiger partial charge is 0.459 e. The highest BCUT2D eigenvalue weighted by molar-refractivity contribution is 7.91. The number of imidazole rings is 1. The minimum absolute atomic E-state index is 0.0272. The Labute approximate surface area is 316 Å². The number of fused-ring (bicyclic) bond motifs is 3. The number of hydrogen-bond donors (Lipinski definition) is 3. The summed E-state index contributed by atoms with van der Waals surface area (Å²) in [7, 11) is -4.04. The zero-order chi connectivity index (χ0) is 39.3. The molecule has 4 aliphatic rings. The molecule has 0 spiro atoms. The van der Waals surface area contributed by atoms with Crippen LogP contribution < -0.4 is 20.1 Å². The number of alkyl halides is 3. The number of halogens is 4. The molecule has 2 aliphatic carbocycles. The van der Waals surface area contributed by atoms with E-state index in [1.807, 2.05) is 41.8 Å². The highest BCUT2D eigenvalue weighted by Crippen LogP contribution is 2.47. The number of benzene rings is 2. The van der Waals surface area contributed by atoms with Crippen LogP contribution in [0.4, 0.5) is 23.2 Å². The summed E-state index contributed by atoms with van der Waals surface area (Å²) >= 11 is 0. The summed E-state index contributed by atoms with van der Waals surface area (Å²) in [5.41, 5.74) is -1.70. The Kier molecular flexibility index (Phi) is 10.1. The van der Waals surface area contributed by atoms with E-state index in [1.165, 1.54) is 4.90 Å². The number of nitrogens with one attached hydrogen (secondary N) is 3. The van der Waals surface area contributed by atoms with Gasteiger partial charge in [0.2, 0.25) is 21.8 Å². The van der Waals surface area contributed by atoms with Crippen LogP contribution >= 0.6 is 0 Å². The van der Waals surface area contributed by atoms with Crippen molar-refractivity contribution in [3.05, 3.63) is 66.0 Å². The van der Waals surface area contributed by atoms with Crippen LogP contribution in [0.1, 0.15) is 77.2 Å². The molecule has 7 rings (SSSR count). The normalized spacial score (nSPS) is 27.6.